The molecule has 3 aromatic carbocycles. The van der Waals surface area contributed by atoms with Crippen LogP contribution >= 0.6 is 0 Å². The van der Waals surface area contributed by atoms with Crippen LogP contribution in [0.1, 0.15) is 48.5 Å². The van der Waals surface area contributed by atoms with Crippen molar-refractivity contribution in [2.45, 2.75) is 43.9 Å². The quantitative estimate of drug-likeness (QED) is 0.497. The second kappa shape index (κ2) is 10.4. The van der Waals surface area contributed by atoms with E-state index in [1.807, 2.05) is 60.7 Å². The van der Waals surface area contributed by atoms with Crippen molar-refractivity contribution in [2.24, 2.45) is 5.92 Å². The van der Waals surface area contributed by atoms with Crippen molar-refractivity contribution in [1.82, 2.24) is 4.90 Å². The minimum Gasteiger partial charge on any atom is -0.388 e. The van der Waals surface area contributed by atoms with Crippen LogP contribution in [0.5, 0.6) is 0 Å². The Balaban J connectivity index is 1.74. The molecular weight excluding hydrogens is 401 g/mol. The molecule has 4 rings (SSSR count). The number of aryl methyl sites for hydroxylation is 1. The van der Waals surface area contributed by atoms with Crippen molar-refractivity contribution in [3.63, 3.8) is 0 Å². The molecule has 0 saturated carbocycles. The van der Waals surface area contributed by atoms with E-state index < -0.39 is 17.7 Å². The van der Waals surface area contributed by atoms with Gasteiger partial charge in [0, 0.05) is 19.0 Å². The van der Waals surface area contributed by atoms with E-state index in [0.29, 0.717) is 12.8 Å². The van der Waals surface area contributed by atoms with Crippen molar-refractivity contribution < 1.29 is 14.6 Å². The Morgan fingerprint density at radius 3 is 2.03 bits per heavy atom. The zero-order chi connectivity index (χ0) is 22.4. The first kappa shape index (κ1) is 22.7. The van der Waals surface area contributed by atoms with Gasteiger partial charge < -0.3 is 10.2 Å². The third kappa shape index (κ3) is 4.93. The molecule has 32 heavy (non-hydrogen) atoms. The summed E-state index contributed by atoms with van der Waals surface area (Å²) in [7, 11) is 0. The highest BCUT2D eigenvalue weighted by atomic mass is 19.1. The first-order chi connectivity index (χ1) is 15.6. The average Bonchev–Trinajstić information content (AvgIpc) is 2.86. The third-order valence-corrected chi connectivity index (χ3v) is 6.73. The predicted molar refractivity (Wildman–Crippen MR) is 125 cm³/mol. The highest BCUT2D eigenvalue weighted by molar-refractivity contribution is 5.27. The second-order valence-corrected chi connectivity index (χ2v) is 8.77. The molecule has 0 amide bonds. The molecule has 1 heterocycles. The predicted octanol–water partition coefficient (Wildman–Crippen LogP) is 5.44. The molecule has 1 aliphatic heterocycles. The van der Waals surface area contributed by atoms with Crippen LogP contribution in [0.2, 0.25) is 0 Å². The molecule has 0 radical (unpaired) electrons. The fraction of sp³-hybridized carbons (Fsp3) is 0.357. The number of aliphatic hydroxyl groups excluding tert-OH is 1. The molecule has 3 unspecified atom stereocenters. The van der Waals surface area contributed by atoms with Gasteiger partial charge in [0.05, 0.1) is 6.10 Å². The maximum absolute atomic E-state index is 13.4. The van der Waals surface area contributed by atoms with Crippen LogP contribution < -0.4 is 0 Å². The van der Waals surface area contributed by atoms with Gasteiger partial charge in [-0.05, 0) is 54.5 Å². The monoisotopic (exact) mass is 433 g/mol. The molecule has 0 aromatic heterocycles. The van der Waals surface area contributed by atoms with Crippen LogP contribution in [-0.4, -0.2) is 28.2 Å². The van der Waals surface area contributed by atoms with Gasteiger partial charge in [0.15, 0.2) is 0 Å². The number of aliphatic hydroxyl groups is 2. The Hall–Kier alpha value is -2.53. The number of halogens is 1. The topological polar surface area (TPSA) is 43.7 Å². The summed E-state index contributed by atoms with van der Waals surface area (Å²) in [4.78, 5) is 2.15. The Kier molecular flexibility index (Phi) is 7.36. The summed E-state index contributed by atoms with van der Waals surface area (Å²) in [5.41, 5.74) is 1.28. The van der Waals surface area contributed by atoms with E-state index in [4.69, 9.17) is 0 Å². The van der Waals surface area contributed by atoms with Gasteiger partial charge in [0.2, 0.25) is 0 Å². The number of nitrogens with zero attached hydrogens (tertiary/aromatic N) is 1. The van der Waals surface area contributed by atoms with E-state index in [9.17, 15) is 14.6 Å². The van der Waals surface area contributed by atoms with Gasteiger partial charge in [-0.25, -0.2) is 4.39 Å². The van der Waals surface area contributed by atoms with Crippen LogP contribution in [0.3, 0.4) is 0 Å². The Morgan fingerprint density at radius 1 is 0.812 bits per heavy atom. The molecule has 0 aliphatic carbocycles. The van der Waals surface area contributed by atoms with Gasteiger partial charge in [-0.1, -0.05) is 79.2 Å². The first-order valence-corrected chi connectivity index (χ1v) is 11.6. The summed E-state index contributed by atoms with van der Waals surface area (Å²) in [6.45, 7) is 1.58. The van der Waals surface area contributed by atoms with Gasteiger partial charge in [0.1, 0.15) is 11.5 Å². The summed E-state index contributed by atoms with van der Waals surface area (Å²) in [6, 6.07) is 25.8. The van der Waals surface area contributed by atoms with E-state index in [1.165, 1.54) is 12.1 Å². The maximum Gasteiger partial charge on any atom is 0.150 e. The zero-order valence-electron chi connectivity index (χ0n) is 18.4. The molecule has 4 heteroatoms. The van der Waals surface area contributed by atoms with Crippen LogP contribution in [0, 0.1) is 11.7 Å². The number of benzene rings is 3. The minimum absolute atomic E-state index is 0.260. The highest BCUT2D eigenvalue weighted by Crippen LogP contribution is 2.44. The largest absolute Gasteiger partial charge is 0.388 e. The standard InChI is InChI=1S/C28H32FNO2/c29-25-17-14-22(15-18-25)16-19-26(27(31)23-10-4-1-5-11-23)28(32,24-12-6-2-7-13-24)30-20-8-3-9-21-30/h1-2,4-7,10-15,17-18,26-27,31-32H,3,8-9,16,19-21H2. The van der Waals surface area contributed by atoms with Gasteiger partial charge in [-0.2, -0.15) is 0 Å². The minimum atomic E-state index is -1.31. The number of hydrogen-bond donors (Lipinski definition) is 2. The number of rotatable bonds is 8. The van der Waals surface area contributed by atoms with Crippen LogP contribution in [0.15, 0.2) is 84.9 Å². The van der Waals surface area contributed by atoms with Crippen molar-refractivity contribution in [2.75, 3.05) is 13.1 Å². The first-order valence-electron chi connectivity index (χ1n) is 11.6. The number of piperidine rings is 1. The lowest BCUT2D eigenvalue weighted by atomic mass is 9.77. The lowest BCUT2D eigenvalue weighted by Gasteiger charge is -2.48. The molecule has 3 atom stereocenters. The molecule has 168 valence electrons. The molecule has 1 aliphatic rings. The fourth-order valence-corrected chi connectivity index (χ4v) is 4.98. The van der Waals surface area contributed by atoms with Crippen LogP contribution in [-0.2, 0) is 12.1 Å². The fourth-order valence-electron chi connectivity index (χ4n) is 4.98. The van der Waals surface area contributed by atoms with Gasteiger partial charge in [-0.15, -0.1) is 0 Å². The van der Waals surface area contributed by atoms with Crippen molar-refractivity contribution >= 4 is 0 Å². The molecular formula is C28H32FNO2. The van der Waals surface area contributed by atoms with E-state index in [2.05, 4.69) is 4.90 Å². The summed E-state index contributed by atoms with van der Waals surface area (Å²) in [5.74, 6) is -0.723. The molecule has 0 spiro atoms. The Morgan fingerprint density at radius 2 is 1.41 bits per heavy atom. The molecule has 0 bridgehead atoms. The molecule has 3 nitrogen and oxygen atoms in total. The van der Waals surface area contributed by atoms with Crippen molar-refractivity contribution in [3.05, 3.63) is 107 Å². The summed E-state index contributed by atoms with van der Waals surface area (Å²) in [5, 5.41) is 24.0. The third-order valence-electron chi connectivity index (χ3n) is 6.73. The normalized spacial score (nSPS) is 18.6. The highest BCUT2D eigenvalue weighted by Gasteiger charge is 2.47. The summed E-state index contributed by atoms with van der Waals surface area (Å²) in [6.07, 6.45) is 3.57. The van der Waals surface area contributed by atoms with Crippen LogP contribution in [0.4, 0.5) is 4.39 Å². The van der Waals surface area contributed by atoms with E-state index in [0.717, 1.165) is 49.0 Å². The molecule has 2 N–H and O–H groups in total. The van der Waals surface area contributed by atoms with E-state index in [-0.39, 0.29) is 5.82 Å². The maximum atomic E-state index is 13.4. The molecule has 1 fully saturated rings. The number of likely N-dealkylation sites (tertiary alicyclic amines) is 1. The smallest absolute Gasteiger partial charge is 0.150 e. The van der Waals surface area contributed by atoms with Gasteiger partial charge in [-0.3, -0.25) is 4.90 Å². The summed E-state index contributed by atoms with van der Waals surface area (Å²) >= 11 is 0. The average molecular weight is 434 g/mol. The van der Waals surface area contributed by atoms with E-state index in [1.54, 1.807) is 12.1 Å². The lowest BCUT2D eigenvalue weighted by molar-refractivity contribution is -0.192. The molecule has 1 saturated heterocycles. The van der Waals surface area contributed by atoms with Crippen molar-refractivity contribution in [3.8, 4) is 0 Å². The lowest BCUT2D eigenvalue weighted by Crippen LogP contribution is -2.55. The van der Waals surface area contributed by atoms with Gasteiger partial charge >= 0.3 is 0 Å². The SMILES string of the molecule is OC(c1ccccc1)C(CCc1ccc(F)cc1)C(O)(c1ccccc1)N1CCCCC1. The molecule has 3 aromatic rings. The number of hydrogen-bond acceptors (Lipinski definition) is 3. The van der Waals surface area contributed by atoms with Crippen LogP contribution in [0.25, 0.3) is 0 Å². The Labute approximate surface area is 190 Å². The van der Waals surface area contributed by atoms with Gasteiger partial charge in [0.25, 0.3) is 0 Å². The zero-order valence-corrected chi connectivity index (χ0v) is 18.4. The summed E-state index contributed by atoms with van der Waals surface area (Å²) < 4.78 is 13.4. The second-order valence-electron chi connectivity index (χ2n) is 8.77. The van der Waals surface area contributed by atoms with E-state index >= 15 is 0 Å². The Bertz CT molecular complexity index is 958. The van der Waals surface area contributed by atoms with Crippen molar-refractivity contribution in [1.29, 1.82) is 0 Å².